The zero-order chi connectivity index (χ0) is 17.6. The summed E-state index contributed by atoms with van der Waals surface area (Å²) in [7, 11) is 1.62. The summed E-state index contributed by atoms with van der Waals surface area (Å²) >= 11 is 0. The number of hydrogen-bond donors (Lipinski definition) is 1. The summed E-state index contributed by atoms with van der Waals surface area (Å²) in [6.07, 6.45) is 6.80. The number of nitrogens with zero attached hydrogens (tertiary/aromatic N) is 3. The lowest BCUT2D eigenvalue weighted by Crippen LogP contribution is -2.39. The molecule has 25 heavy (non-hydrogen) atoms. The molecule has 1 N–H and O–H groups in total. The van der Waals surface area contributed by atoms with Crippen molar-refractivity contribution in [3.8, 4) is 0 Å². The van der Waals surface area contributed by atoms with Crippen molar-refractivity contribution in [2.24, 2.45) is 0 Å². The molecule has 6 heteroatoms. The van der Waals surface area contributed by atoms with Gasteiger partial charge in [0.25, 0.3) is 5.91 Å². The zero-order valence-corrected chi connectivity index (χ0v) is 14.5. The van der Waals surface area contributed by atoms with Crippen LogP contribution in [0.4, 0.5) is 0 Å². The average Bonchev–Trinajstić information content (AvgIpc) is 3.20. The van der Waals surface area contributed by atoms with E-state index in [1.54, 1.807) is 19.3 Å². The van der Waals surface area contributed by atoms with Crippen LogP contribution >= 0.6 is 0 Å². The number of carbonyl (C=O) groups excluding carboxylic acids is 2. The standard InChI is InChI=1S/C19H24N4O2/c1-20-19(25)16-5-2-4-15(14-16)6-7-18(24)22-12-8-17(9-13-22)23-11-3-10-21-23/h2-5,10-11,14,17H,6-9,12-13H2,1H3,(H,20,25). The van der Waals surface area contributed by atoms with Crippen LogP contribution in [0.25, 0.3) is 0 Å². The quantitative estimate of drug-likeness (QED) is 0.906. The van der Waals surface area contributed by atoms with Crippen molar-refractivity contribution in [2.45, 2.75) is 31.7 Å². The number of carbonyl (C=O) groups is 2. The molecule has 1 fully saturated rings. The molecule has 1 saturated heterocycles. The highest BCUT2D eigenvalue weighted by Gasteiger charge is 2.23. The molecule has 6 nitrogen and oxygen atoms in total. The van der Waals surface area contributed by atoms with Crippen LogP contribution in [0.15, 0.2) is 42.7 Å². The highest BCUT2D eigenvalue weighted by Crippen LogP contribution is 2.22. The smallest absolute Gasteiger partial charge is 0.251 e. The first-order chi connectivity index (χ1) is 12.2. The zero-order valence-electron chi connectivity index (χ0n) is 14.5. The fourth-order valence-corrected chi connectivity index (χ4v) is 3.30. The summed E-state index contributed by atoms with van der Waals surface area (Å²) in [5.74, 6) is 0.0816. The van der Waals surface area contributed by atoms with Crippen LogP contribution in [-0.2, 0) is 11.2 Å². The number of aryl methyl sites for hydroxylation is 1. The summed E-state index contributed by atoms with van der Waals surface area (Å²) in [5.41, 5.74) is 1.65. The monoisotopic (exact) mass is 340 g/mol. The van der Waals surface area contributed by atoms with Gasteiger partial charge in [0.2, 0.25) is 5.91 Å². The summed E-state index contributed by atoms with van der Waals surface area (Å²) in [6, 6.07) is 9.79. The number of amides is 2. The van der Waals surface area contributed by atoms with Crippen LogP contribution < -0.4 is 5.32 Å². The molecule has 1 aromatic heterocycles. The van der Waals surface area contributed by atoms with Gasteiger partial charge in [0.15, 0.2) is 0 Å². The number of likely N-dealkylation sites (tertiary alicyclic amines) is 1. The first-order valence-electron chi connectivity index (χ1n) is 8.75. The Morgan fingerprint density at radius 3 is 2.72 bits per heavy atom. The molecule has 1 aliphatic heterocycles. The molecule has 0 aliphatic carbocycles. The molecule has 1 aliphatic rings. The van der Waals surface area contributed by atoms with Crippen molar-refractivity contribution < 1.29 is 9.59 Å². The van der Waals surface area contributed by atoms with Crippen LogP contribution in [0.2, 0.25) is 0 Å². The van der Waals surface area contributed by atoms with E-state index in [1.165, 1.54) is 0 Å². The van der Waals surface area contributed by atoms with E-state index in [9.17, 15) is 9.59 Å². The predicted molar refractivity (Wildman–Crippen MR) is 95.2 cm³/mol. The van der Waals surface area contributed by atoms with Crippen molar-refractivity contribution in [1.82, 2.24) is 20.0 Å². The topological polar surface area (TPSA) is 67.2 Å². The summed E-state index contributed by atoms with van der Waals surface area (Å²) in [5, 5.41) is 6.92. The lowest BCUT2D eigenvalue weighted by atomic mass is 10.0. The summed E-state index contributed by atoms with van der Waals surface area (Å²) in [6.45, 7) is 1.56. The van der Waals surface area contributed by atoms with E-state index >= 15 is 0 Å². The van der Waals surface area contributed by atoms with Crippen molar-refractivity contribution in [2.75, 3.05) is 20.1 Å². The van der Waals surface area contributed by atoms with Crippen LogP contribution in [0.3, 0.4) is 0 Å². The first kappa shape index (κ1) is 17.2. The molecule has 0 bridgehead atoms. The van der Waals surface area contributed by atoms with Gasteiger partial charge in [-0.05, 0) is 43.0 Å². The Balaban J connectivity index is 1.49. The molecule has 0 saturated carbocycles. The molecule has 3 rings (SSSR count). The van der Waals surface area contributed by atoms with Crippen LogP contribution in [0, 0.1) is 0 Å². The molecular formula is C19H24N4O2. The second-order valence-electron chi connectivity index (χ2n) is 6.38. The normalized spacial score (nSPS) is 15.2. The maximum absolute atomic E-state index is 12.5. The Hall–Kier alpha value is -2.63. The van der Waals surface area contributed by atoms with Gasteiger partial charge in [0.1, 0.15) is 0 Å². The molecule has 0 radical (unpaired) electrons. The average molecular weight is 340 g/mol. The summed E-state index contributed by atoms with van der Waals surface area (Å²) < 4.78 is 1.99. The predicted octanol–water partition coefficient (Wildman–Crippen LogP) is 2.04. The van der Waals surface area contributed by atoms with E-state index in [2.05, 4.69) is 10.4 Å². The van der Waals surface area contributed by atoms with Gasteiger partial charge in [-0.3, -0.25) is 14.3 Å². The Morgan fingerprint density at radius 1 is 1.24 bits per heavy atom. The molecule has 132 valence electrons. The SMILES string of the molecule is CNC(=O)c1cccc(CCC(=O)N2CCC(n3cccn3)CC2)c1. The Morgan fingerprint density at radius 2 is 2.04 bits per heavy atom. The molecule has 2 aromatic rings. The number of rotatable bonds is 5. The number of benzene rings is 1. The number of nitrogens with one attached hydrogen (secondary N) is 1. The third-order valence-electron chi connectivity index (χ3n) is 4.76. The highest BCUT2D eigenvalue weighted by atomic mass is 16.2. The molecule has 0 unspecified atom stereocenters. The van der Waals surface area contributed by atoms with Gasteiger partial charge in [-0.25, -0.2) is 0 Å². The van der Waals surface area contributed by atoms with Crippen molar-refractivity contribution in [3.63, 3.8) is 0 Å². The molecule has 1 aromatic carbocycles. The second-order valence-corrected chi connectivity index (χ2v) is 6.38. The minimum absolute atomic E-state index is 0.103. The molecule has 2 heterocycles. The number of aromatic nitrogens is 2. The van der Waals surface area contributed by atoms with Gasteiger partial charge in [-0.2, -0.15) is 5.10 Å². The number of piperidine rings is 1. The second kappa shape index (κ2) is 7.96. The van der Waals surface area contributed by atoms with Gasteiger partial charge in [-0.1, -0.05) is 12.1 Å². The third kappa shape index (κ3) is 4.26. The summed E-state index contributed by atoms with van der Waals surface area (Å²) in [4.78, 5) is 26.1. The molecule has 0 atom stereocenters. The Bertz CT molecular complexity index is 719. The van der Waals surface area contributed by atoms with Crippen LogP contribution in [-0.4, -0.2) is 46.6 Å². The maximum Gasteiger partial charge on any atom is 0.251 e. The maximum atomic E-state index is 12.5. The van der Waals surface area contributed by atoms with E-state index in [0.29, 0.717) is 24.4 Å². The van der Waals surface area contributed by atoms with E-state index in [-0.39, 0.29) is 11.8 Å². The largest absolute Gasteiger partial charge is 0.355 e. The van der Waals surface area contributed by atoms with E-state index in [4.69, 9.17) is 0 Å². The minimum atomic E-state index is -0.103. The van der Waals surface area contributed by atoms with Crippen molar-refractivity contribution >= 4 is 11.8 Å². The lowest BCUT2D eigenvalue weighted by molar-refractivity contribution is -0.132. The van der Waals surface area contributed by atoms with Crippen LogP contribution in [0.5, 0.6) is 0 Å². The van der Waals surface area contributed by atoms with Gasteiger partial charge in [0, 0.05) is 44.5 Å². The lowest BCUT2D eigenvalue weighted by Gasteiger charge is -2.32. The first-order valence-corrected chi connectivity index (χ1v) is 8.75. The molecule has 0 spiro atoms. The van der Waals surface area contributed by atoms with Crippen LogP contribution in [0.1, 0.15) is 41.2 Å². The molecule has 2 amide bonds. The van der Waals surface area contributed by atoms with Gasteiger partial charge in [0.05, 0.1) is 6.04 Å². The Kier molecular flexibility index (Phi) is 5.48. The Labute approximate surface area is 147 Å². The number of hydrogen-bond acceptors (Lipinski definition) is 3. The fraction of sp³-hybridized carbons (Fsp3) is 0.421. The van der Waals surface area contributed by atoms with Gasteiger partial charge >= 0.3 is 0 Å². The van der Waals surface area contributed by atoms with Gasteiger partial charge in [-0.15, -0.1) is 0 Å². The minimum Gasteiger partial charge on any atom is -0.355 e. The molecular weight excluding hydrogens is 316 g/mol. The van der Waals surface area contributed by atoms with E-state index in [0.717, 1.165) is 31.5 Å². The fourth-order valence-electron chi connectivity index (χ4n) is 3.30. The van der Waals surface area contributed by atoms with Crippen molar-refractivity contribution in [3.05, 3.63) is 53.9 Å². The highest BCUT2D eigenvalue weighted by molar-refractivity contribution is 5.94. The van der Waals surface area contributed by atoms with Gasteiger partial charge < -0.3 is 10.2 Å². The van der Waals surface area contributed by atoms with Crippen molar-refractivity contribution in [1.29, 1.82) is 0 Å². The van der Waals surface area contributed by atoms with E-state index < -0.39 is 0 Å². The van der Waals surface area contributed by atoms with E-state index in [1.807, 2.05) is 40.0 Å². The third-order valence-corrected chi connectivity index (χ3v) is 4.76.